The van der Waals surface area contributed by atoms with Gasteiger partial charge >= 0.3 is 0 Å². The summed E-state index contributed by atoms with van der Waals surface area (Å²) < 4.78 is 53.2. The van der Waals surface area contributed by atoms with Crippen molar-refractivity contribution in [3.63, 3.8) is 0 Å². The van der Waals surface area contributed by atoms with Crippen LogP contribution >= 0.6 is 11.6 Å². The van der Waals surface area contributed by atoms with Crippen molar-refractivity contribution < 1.29 is 16.8 Å². The molecule has 0 N–H and O–H groups in total. The lowest BCUT2D eigenvalue weighted by Gasteiger charge is -2.20. The molecular formula is C24H22ClNO4S2. The van der Waals surface area contributed by atoms with Gasteiger partial charge in [-0.1, -0.05) is 77.3 Å². The molecule has 8 heteroatoms. The van der Waals surface area contributed by atoms with Crippen LogP contribution in [0.4, 0.5) is 5.69 Å². The van der Waals surface area contributed by atoms with Gasteiger partial charge in [0.2, 0.25) is 0 Å². The molecule has 5 nitrogen and oxygen atoms in total. The average molecular weight is 488 g/mol. The fourth-order valence-electron chi connectivity index (χ4n) is 3.02. The molecule has 3 aromatic rings. The van der Waals surface area contributed by atoms with Crippen LogP contribution in [0.25, 0.3) is 12.2 Å². The predicted octanol–water partition coefficient (Wildman–Crippen LogP) is 5.76. The number of rotatable bonds is 7. The minimum atomic E-state index is -4.42. The molecular weight excluding hydrogens is 466 g/mol. The van der Waals surface area contributed by atoms with Gasteiger partial charge in [0.05, 0.1) is 16.5 Å². The number of halogens is 1. The molecule has 3 aromatic carbocycles. The quantitative estimate of drug-likeness (QED) is 0.424. The molecule has 166 valence electrons. The van der Waals surface area contributed by atoms with Gasteiger partial charge in [0.15, 0.2) is 0 Å². The SMILES string of the molecule is Cc1cccc(/C=C/S(=O)(=O)N(c2cccc(Cl)c2)S(=O)(=O)/C=C/c2cccc(C)c2)c1. The third-order valence-electron chi connectivity index (χ3n) is 4.43. The van der Waals surface area contributed by atoms with E-state index in [0.717, 1.165) is 21.9 Å². The lowest BCUT2D eigenvalue weighted by molar-refractivity contribution is 0.594. The van der Waals surface area contributed by atoms with Gasteiger partial charge in [-0.15, -0.1) is 0 Å². The summed E-state index contributed by atoms with van der Waals surface area (Å²) in [5.74, 6) is 0. The summed E-state index contributed by atoms with van der Waals surface area (Å²) in [4.78, 5) is 0. The van der Waals surface area contributed by atoms with Crippen molar-refractivity contribution in [2.24, 2.45) is 0 Å². The van der Waals surface area contributed by atoms with Crippen molar-refractivity contribution in [2.45, 2.75) is 13.8 Å². The second-order valence-electron chi connectivity index (χ2n) is 7.20. The van der Waals surface area contributed by atoms with E-state index in [0.29, 0.717) is 14.8 Å². The zero-order valence-corrected chi connectivity index (χ0v) is 19.9. The molecule has 0 saturated heterocycles. The molecule has 0 aliphatic heterocycles. The van der Waals surface area contributed by atoms with E-state index in [4.69, 9.17) is 11.6 Å². The summed E-state index contributed by atoms with van der Waals surface area (Å²) >= 11 is 6.02. The van der Waals surface area contributed by atoms with Crippen LogP contribution in [0.1, 0.15) is 22.3 Å². The van der Waals surface area contributed by atoms with Crippen LogP contribution < -0.4 is 3.71 Å². The molecule has 0 aliphatic rings. The minimum Gasteiger partial charge on any atom is -0.201 e. The first kappa shape index (κ1) is 23.8. The van der Waals surface area contributed by atoms with Crippen molar-refractivity contribution in [3.05, 3.63) is 111 Å². The molecule has 0 spiro atoms. The molecule has 0 saturated carbocycles. The molecule has 3 rings (SSSR count). The standard InChI is InChI=1S/C24H22ClNO4S2/c1-19-6-3-8-21(16-19)12-14-31(27,28)26(24-11-5-10-23(25)18-24)32(29,30)15-13-22-9-4-7-20(2)17-22/h3-18H,1-2H3/b14-12+,15-13+. The van der Waals surface area contributed by atoms with Crippen molar-refractivity contribution in [1.29, 1.82) is 0 Å². The number of nitrogens with zero attached hydrogens (tertiary/aromatic N) is 1. The van der Waals surface area contributed by atoms with Crippen molar-refractivity contribution >= 4 is 49.5 Å². The summed E-state index contributed by atoms with van der Waals surface area (Å²) in [5.41, 5.74) is 3.08. The molecule has 0 amide bonds. The highest BCUT2D eigenvalue weighted by atomic mass is 35.5. The number of hydrogen-bond acceptors (Lipinski definition) is 4. The molecule has 0 fully saturated rings. The van der Waals surface area contributed by atoms with Crippen LogP contribution in [0.15, 0.2) is 83.6 Å². The van der Waals surface area contributed by atoms with E-state index in [1.807, 2.05) is 26.0 Å². The molecule has 0 heterocycles. The van der Waals surface area contributed by atoms with E-state index >= 15 is 0 Å². The Morgan fingerprint density at radius 1 is 0.688 bits per heavy atom. The van der Waals surface area contributed by atoms with Gasteiger partial charge in [-0.3, -0.25) is 0 Å². The maximum atomic E-state index is 13.2. The summed E-state index contributed by atoms with van der Waals surface area (Å²) in [6.45, 7) is 3.76. The lowest BCUT2D eigenvalue weighted by atomic mass is 10.1. The fraction of sp³-hybridized carbons (Fsp3) is 0.0833. The van der Waals surface area contributed by atoms with E-state index in [2.05, 4.69) is 0 Å². The Hall–Kier alpha value is -2.87. The minimum absolute atomic E-state index is 0.0831. The van der Waals surface area contributed by atoms with Crippen molar-refractivity contribution in [3.8, 4) is 0 Å². The maximum Gasteiger partial charge on any atom is 0.270 e. The van der Waals surface area contributed by atoms with Crippen LogP contribution in [0.2, 0.25) is 5.02 Å². The van der Waals surface area contributed by atoms with Crippen LogP contribution in [0, 0.1) is 13.8 Å². The molecule has 0 aliphatic carbocycles. The van der Waals surface area contributed by atoms with Gasteiger partial charge in [-0.2, -0.15) is 3.71 Å². The number of benzene rings is 3. The highest BCUT2D eigenvalue weighted by molar-refractivity contribution is 8.12. The summed E-state index contributed by atoms with van der Waals surface area (Å²) in [5, 5.41) is 1.96. The number of aryl methyl sites for hydroxylation is 2. The average Bonchev–Trinajstić information content (AvgIpc) is 2.71. The Labute approximate surface area is 194 Å². The lowest BCUT2D eigenvalue weighted by Crippen LogP contribution is -2.34. The Balaban J connectivity index is 2.07. The van der Waals surface area contributed by atoms with Gasteiger partial charge in [-0.25, -0.2) is 16.8 Å². The van der Waals surface area contributed by atoms with Crippen LogP contribution in [-0.2, 0) is 20.0 Å². The van der Waals surface area contributed by atoms with Crippen LogP contribution in [-0.4, -0.2) is 16.8 Å². The van der Waals surface area contributed by atoms with Gasteiger partial charge in [-0.05, 0) is 55.3 Å². The number of sulfonamides is 2. The highest BCUT2D eigenvalue weighted by Crippen LogP contribution is 2.27. The van der Waals surface area contributed by atoms with E-state index in [9.17, 15) is 16.8 Å². The third kappa shape index (κ3) is 6.09. The summed E-state index contributed by atoms with van der Waals surface area (Å²) in [7, 11) is -8.84. The molecule has 0 bridgehead atoms. The second kappa shape index (κ2) is 9.73. The first-order chi connectivity index (χ1) is 15.1. The van der Waals surface area contributed by atoms with Gasteiger partial charge in [0, 0.05) is 5.02 Å². The molecule has 0 aromatic heterocycles. The van der Waals surface area contributed by atoms with E-state index < -0.39 is 20.0 Å². The third-order valence-corrected chi connectivity index (χ3v) is 8.22. The highest BCUT2D eigenvalue weighted by Gasteiger charge is 2.31. The van der Waals surface area contributed by atoms with Crippen molar-refractivity contribution in [2.75, 3.05) is 3.71 Å². The first-order valence-electron chi connectivity index (χ1n) is 9.62. The maximum absolute atomic E-state index is 13.2. The monoisotopic (exact) mass is 487 g/mol. The van der Waals surface area contributed by atoms with Gasteiger partial charge < -0.3 is 0 Å². The molecule has 0 atom stereocenters. The van der Waals surface area contributed by atoms with E-state index in [1.54, 1.807) is 36.4 Å². The zero-order valence-electron chi connectivity index (χ0n) is 17.5. The first-order valence-corrected chi connectivity index (χ1v) is 13.0. The zero-order chi connectivity index (χ0) is 23.4. The molecule has 32 heavy (non-hydrogen) atoms. The smallest absolute Gasteiger partial charge is 0.201 e. The molecule has 0 unspecified atom stereocenters. The Morgan fingerprint density at radius 2 is 1.16 bits per heavy atom. The van der Waals surface area contributed by atoms with E-state index in [1.165, 1.54) is 36.4 Å². The molecule has 0 radical (unpaired) electrons. The van der Waals surface area contributed by atoms with Crippen LogP contribution in [0.5, 0.6) is 0 Å². The van der Waals surface area contributed by atoms with Crippen molar-refractivity contribution in [1.82, 2.24) is 0 Å². The predicted molar refractivity (Wildman–Crippen MR) is 132 cm³/mol. The van der Waals surface area contributed by atoms with Gasteiger partial charge in [0.1, 0.15) is 0 Å². The number of anilines is 1. The second-order valence-corrected chi connectivity index (χ2v) is 11.2. The van der Waals surface area contributed by atoms with Gasteiger partial charge in [0.25, 0.3) is 20.0 Å². The summed E-state index contributed by atoms with van der Waals surface area (Å²) in [6, 6.07) is 20.1. The topological polar surface area (TPSA) is 71.5 Å². The Kier molecular flexibility index (Phi) is 7.23. The largest absolute Gasteiger partial charge is 0.270 e. The van der Waals surface area contributed by atoms with Crippen LogP contribution in [0.3, 0.4) is 0 Å². The van der Waals surface area contributed by atoms with E-state index in [-0.39, 0.29) is 10.7 Å². The number of hydrogen-bond donors (Lipinski definition) is 0. The summed E-state index contributed by atoms with van der Waals surface area (Å²) in [6.07, 6.45) is 2.72. The Morgan fingerprint density at radius 3 is 1.59 bits per heavy atom. The normalized spacial score (nSPS) is 12.5. The Bertz CT molecular complexity index is 1310. The fourth-order valence-corrected chi connectivity index (χ4v) is 6.35.